The van der Waals surface area contributed by atoms with Crippen molar-refractivity contribution >= 4 is 17.7 Å². The maximum Gasteiger partial charge on any atom is 0.330 e. The van der Waals surface area contributed by atoms with Gasteiger partial charge in [0.25, 0.3) is 0 Å². The summed E-state index contributed by atoms with van der Waals surface area (Å²) in [6, 6.07) is 12.0. The predicted molar refractivity (Wildman–Crippen MR) is 90.7 cm³/mol. The van der Waals surface area contributed by atoms with E-state index in [1.807, 2.05) is 36.4 Å². The second-order valence-corrected chi connectivity index (χ2v) is 5.92. The largest absolute Gasteiger partial charge is 0.464 e. The number of pyridine rings is 1. The fraction of sp³-hybridized carbons (Fsp3) is 0.278. The van der Waals surface area contributed by atoms with Crippen LogP contribution in [0.3, 0.4) is 0 Å². The van der Waals surface area contributed by atoms with Gasteiger partial charge in [0.05, 0.1) is 12.3 Å². The minimum absolute atomic E-state index is 0.262. The van der Waals surface area contributed by atoms with Gasteiger partial charge in [0.15, 0.2) is 5.66 Å². The van der Waals surface area contributed by atoms with Crippen LogP contribution in [0.15, 0.2) is 48.7 Å². The lowest BCUT2D eigenvalue weighted by molar-refractivity contribution is -0.147. The second kappa shape index (κ2) is 5.86. The average Bonchev–Trinajstić information content (AvgIpc) is 3.05. The van der Waals surface area contributed by atoms with E-state index in [-0.39, 0.29) is 19.2 Å². The van der Waals surface area contributed by atoms with Gasteiger partial charge in [-0.25, -0.2) is 9.59 Å². The summed E-state index contributed by atoms with van der Waals surface area (Å²) in [5, 5.41) is 6.20. The van der Waals surface area contributed by atoms with E-state index < -0.39 is 17.7 Å². The summed E-state index contributed by atoms with van der Waals surface area (Å²) in [7, 11) is 0. The molecule has 0 spiro atoms. The summed E-state index contributed by atoms with van der Waals surface area (Å²) in [5.41, 5.74) is 1.13. The number of nitrogens with zero attached hydrogens (tertiary/aromatic N) is 2. The van der Waals surface area contributed by atoms with Gasteiger partial charge in [-0.15, -0.1) is 0 Å². The number of nitrogens with one attached hydrogen (secondary N) is 2. The van der Waals surface area contributed by atoms with Gasteiger partial charge in [0, 0.05) is 12.7 Å². The first-order chi connectivity index (χ1) is 12.2. The molecule has 1 aromatic carbocycles. The fourth-order valence-electron chi connectivity index (χ4n) is 3.60. The van der Waals surface area contributed by atoms with E-state index in [1.54, 1.807) is 19.2 Å². The number of hydrogen-bond acceptors (Lipinski definition) is 5. The number of carbonyl (C=O) groups is 2. The monoisotopic (exact) mass is 338 g/mol. The molecule has 25 heavy (non-hydrogen) atoms. The van der Waals surface area contributed by atoms with E-state index in [0.717, 1.165) is 5.56 Å². The van der Waals surface area contributed by atoms with Crippen molar-refractivity contribution in [2.24, 2.45) is 0 Å². The average molecular weight is 338 g/mol. The van der Waals surface area contributed by atoms with Crippen LogP contribution in [-0.2, 0) is 15.2 Å². The molecule has 128 valence electrons. The van der Waals surface area contributed by atoms with Gasteiger partial charge in [-0.2, -0.15) is 0 Å². The summed E-state index contributed by atoms with van der Waals surface area (Å²) in [4.78, 5) is 31.3. The van der Waals surface area contributed by atoms with Crippen LogP contribution >= 0.6 is 0 Å². The molecule has 2 N–H and O–H groups in total. The molecule has 7 heteroatoms. The highest BCUT2D eigenvalue weighted by atomic mass is 16.5. The molecule has 1 saturated heterocycles. The number of rotatable bonds is 3. The Morgan fingerprint density at radius 2 is 2.12 bits per heavy atom. The number of ether oxygens (including phenoxy) is 1. The molecule has 2 aliphatic rings. The van der Waals surface area contributed by atoms with Gasteiger partial charge >= 0.3 is 12.0 Å². The van der Waals surface area contributed by atoms with Gasteiger partial charge in [-0.1, -0.05) is 30.3 Å². The number of amides is 2. The van der Waals surface area contributed by atoms with Crippen LogP contribution in [0.5, 0.6) is 0 Å². The molecule has 0 radical (unpaired) electrons. The third-order valence-electron chi connectivity index (χ3n) is 4.59. The van der Waals surface area contributed by atoms with Crippen LogP contribution in [-0.4, -0.2) is 41.1 Å². The Balaban J connectivity index is 1.92. The molecule has 2 aromatic rings. The number of urea groups is 1. The number of carbonyl (C=O) groups excluding carboxylic acids is 2. The third kappa shape index (κ3) is 2.20. The Bertz CT molecular complexity index is 826. The number of esters is 1. The van der Waals surface area contributed by atoms with Crippen molar-refractivity contribution in [1.29, 1.82) is 0 Å². The van der Waals surface area contributed by atoms with E-state index in [4.69, 9.17) is 4.74 Å². The molecule has 4 rings (SSSR count). The first kappa shape index (κ1) is 15.6. The highest BCUT2D eigenvalue weighted by Gasteiger charge is 2.58. The minimum Gasteiger partial charge on any atom is -0.464 e. The lowest BCUT2D eigenvalue weighted by Crippen LogP contribution is -2.59. The quantitative estimate of drug-likeness (QED) is 0.832. The van der Waals surface area contributed by atoms with Crippen LogP contribution in [0.1, 0.15) is 18.2 Å². The third-order valence-corrected chi connectivity index (χ3v) is 4.59. The Kier molecular flexibility index (Phi) is 3.65. The molecule has 0 aliphatic carbocycles. The van der Waals surface area contributed by atoms with Crippen molar-refractivity contribution in [2.45, 2.75) is 18.6 Å². The molecule has 7 nitrogen and oxygen atoms in total. The zero-order chi connectivity index (χ0) is 17.4. The predicted octanol–water partition coefficient (Wildman–Crippen LogP) is 1.67. The molecule has 2 unspecified atom stereocenters. The molecule has 1 aromatic heterocycles. The summed E-state index contributed by atoms with van der Waals surface area (Å²) < 4.78 is 5.17. The molecule has 0 bridgehead atoms. The summed E-state index contributed by atoms with van der Waals surface area (Å²) >= 11 is 0. The van der Waals surface area contributed by atoms with Crippen molar-refractivity contribution in [3.05, 3.63) is 59.9 Å². The Morgan fingerprint density at radius 3 is 2.88 bits per heavy atom. The molecular formula is C18H18N4O3. The smallest absolute Gasteiger partial charge is 0.330 e. The van der Waals surface area contributed by atoms with Gasteiger partial charge in [-0.3, -0.25) is 15.2 Å². The van der Waals surface area contributed by atoms with Crippen molar-refractivity contribution in [3.63, 3.8) is 0 Å². The van der Waals surface area contributed by atoms with E-state index in [9.17, 15) is 9.59 Å². The normalized spacial score (nSPS) is 24.3. The highest BCUT2D eigenvalue weighted by molar-refractivity contribution is 5.97. The van der Waals surface area contributed by atoms with Crippen LogP contribution < -0.4 is 10.6 Å². The van der Waals surface area contributed by atoms with Gasteiger partial charge in [0.2, 0.25) is 0 Å². The number of hydrogen-bond donors (Lipinski definition) is 2. The number of aromatic nitrogens is 1. The summed E-state index contributed by atoms with van der Waals surface area (Å²) in [6.07, 6.45) is 1.68. The Morgan fingerprint density at radius 1 is 1.32 bits per heavy atom. The number of fused-ring (bicyclic) bond motifs is 3. The fourth-order valence-corrected chi connectivity index (χ4v) is 3.60. The van der Waals surface area contributed by atoms with Crippen molar-refractivity contribution in [3.8, 4) is 0 Å². The van der Waals surface area contributed by atoms with Gasteiger partial charge in [-0.05, 0) is 24.6 Å². The number of benzene rings is 1. The topological polar surface area (TPSA) is 83.6 Å². The standard InChI is InChI=1S/C18H18N4O3/c1-2-25-16(23)14-11-20-18(12-7-4-3-5-8-12)15-13(9-6-10-19-15)21-17(24)22(14)18/h3-10,14,20H,2,11H2,1H3,(H,21,24). The second-order valence-electron chi connectivity index (χ2n) is 5.92. The van der Waals surface area contributed by atoms with Crippen molar-refractivity contribution < 1.29 is 14.3 Å². The van der Waals surface area contributed by atoms with Crippen LogP contribution in [0, 0.1) is 0 Å². The van der Waals surface area contributed by atoms with E-state index in [0.29, 0.717) is 11.4 Å². The van der Waals surface area contributed by atoms with E-state index in [2.05, 4.69) is 15.6 Å². The highest BCUT2D eigenvalue weighted by Crippen LogP contribution is 2.44. The van der Waals surface area contributed by atoms with Crippen molar-refractivity contribution in [2.75, 3.05) is 18.5 Å². The van der Waals surface area contributed by atoms with Crippen LogP contribution in [0.4, 0.5) is 10.5 Å². The lowest BCUT2D eigenvalue weighted by Gasteiger charge is -2.43. The maximum absolute atomic E-state index is 12.9. The van der Waals surface area contributed by atoms with Gasteiger partial charge in [0.1, 0.15) is 11.7 Å². The first-order valence-electron chi connectivity index (χ1n) is 8.21. The molecule has 1 fully saturated rings. The maximum atomic E-state index is 12.9. The Labute approximate surface area is 145 Å². The summed E-state index contributed by atoms with van der Waals surface area (Å²) in [5.74, 6) is -0.428. The molecule has 2 amide bonds. The molecule has 3 heterocycles. The van der Waals surface area contributed by atoms with E-state index in [1.165, 1.54) is 4.90 Å². The molecule has 2 aliphatic heterocycles. The molecule has 2 atom stereocenters. The molecule has 0 saturated carbocycles. The van der Waals surface area contributed by atoms with Crippen LogP contribution in [0.25, 0.3) is 0 Å². The zero-order valence-corrected chi connectivity index (χ0v) is 13.7. The zero-order valence-electron chi connectivity index (χ0n) is 13.7. The SMILES string of the molecule is CCOC(=O)C1CNC2(c3ccccc3)c3ncccc3NC(=O)N12. The first-order valence-corrected chi connectivity index (χ1v) is 8.21. The number of anilines is 1. The van der Waals surface area contributed by atoms with E-state index >= 15 is 0 Å². The molecular weight excluding hydrogens is 320 g/mol. The lowest BCUT2D eigenvalue weighted by atomic mass is 9.91. The minimum atomic E-state index is -1.00. The van der Waals surface area contributed by atoms with Crippen molar-refractivity contribution in [1.82, 2.24) is 15.2 Å². The summed E-state index contributed by atoms with van der Waals surface area (Å²) in [6.45, 7) is 2.30. The van der Waals surface area contributed by atoms with Gasteiger partial charge < -0.3 is 10.1 Å². The van der Waals surface area contributed by atoms with Crippen LogP contribution in [0.2, 0.25) is 0 Å². The Hall–Kier alpha value is -2.93.